The van der Waals surface area contributed by atoms with Crippen LogP contribution >= 0.6 is 0 Å². The zero-order valence-electron chi connectivity index (χ0n) is 29.3. The first-order valence-corrected chi connectivity index (χ1v) is 19.3. The molecule has 0 aromatic heterocycles. The van der Waals surface area contributed by atoms with Gasteiger partial charge in [0.2, 0.25) is 0 Å². The highest BCUT2D eigenvalue weighted by atomic mass is 28.3. The van der Waals surface area contributed by atoms with E-state index in [2.05, 4.69) is 98.1 Å². The summed E-state index contributed by atoms with van der Waals surface area (Å²) in [5.41, 5.74) is 15.5. The molecule has 0 amide bonds. The quantitative estimate of drug-likeness (QED) is 0.170. The zero-order chi connectivity index (χ0) is 33.6. The van der Waals surface area contributed by atoms with E-state index in [1.165, 1.54) is 18.1 Å². The molecule has 0 radical (unpaired) electrons. The average Bonchev–Trinajstić information content (AvgIpc) is 3.88. The molecular weight excluding hydrogens is 597 g/mol. The molecule has 4 aliphatic carbocycles. The molecule has 0 aromatic rings. The van der Waals surface area contributed by atoms with Crippen LogP contribution < -0.4 is 0 Å². The van der Waals surface area contributed by atoms with Crippen LogP contribution in [0.2, 0.25) is 18.1 Å². The van der Waals surface area contributed by atoms with Crippen LogP contribution in [0.15, 0.2) is 91.7 Å². The van der Waals surface area contributed by atoms with Gasteiger partial charge >= 0.3 is 0 Å². The molecule has 0 aromatic carbocycles. The van der Waals surface area contributed by atoms with Crippen LogP contribution in [0, 0.1) is 47.0 Å². The highest BCUT2D eigenvalue weighted by Gasteiger charge is 2.25. The second-order valence-electron chi connectivity index (χ2n) is 12.0. The maximum absolute atomic E-state index is 5.61. The number of hydrogen-bond donors (Lipinski definition) is 0. The van der Waals surface area contributed by atoms with Crippen molar-refractivity contribution < 1.29 is 18.9 Å². The van der Waals surface area contributed by atoms with Crippen LogP contribution in [-0.4, -0.2) is 62.9 Å². The third-order valence-corrected chi connectivity index (χ3v) is 14.1. The molecule has 4 nitrogen and oxygen atoms in total. The van der Waals surface area contributed by atoms with E-state index in [9.17, 15) is 0 Å². The molecule has 5 heteroatoms. The highest BCUT2D eigenvalue weighted by Crippen LogP contribution is 2.31. The van der Waals surface area contributed by atoms with Gasteiger partial charge in [0.15, 0.2) is 0 Å². The van der Waals surface area contributed by atoms with Crippen LogP contribution in [0.5, 0.6) is 0 Å². The molecule has 0 saturated heterocycles. The Hall–Kier alpha value is -3.78. The third-order valence-electron chi connectivity index (χ3n) is 9.35. The number of hydrogen-bond acceptors (Lipinski definition) is 4. The van der Waals surface area contributed by atoms with Crippen molar-refractivity contribution in [2.24, 2.45) is 0 Å². The maximum atomic E-state index is 5.61. The van der Waals surface area contributed by atoms with Gasteiger partial charge < -0.3 is 18.9 Å². The zero-order valence-corrected chi connectivity index (χ0v) is 30.3. The first-order valence-electron chi connectivity index (χ1n) is 16.7. The number of allylic oxidation sites excluding steroid dienone is 8. The lowest BCUT2D eigenvalue weighted by atomic mass is 10.0. The van der Waals surface area contributed by atoms with Crippen molar-refractivity contribution in [1.29, 1.82) is 0 Å². The lowest BCUT2D eigenvalue weighted by Gasteiger charge is -2.20. The minimum atomic E-state index is -1.54. The lowest BCUT2D eigenvalue weighted by Crippen LogP contribution is -2.29. The Labute approximate surface area is 284 Å². The normalized spacial score (nSPS) is 17.1. The Kier molecular flexibility index (Phi) is 13.8. The largest absolute Gasteiger partial charge is 0.380 e. The molecule has 4 rings (SSSR count). The van der Waals surface area contributed by atoms with E-state index in [4.69, 9.17) is 18.9 Å². The number of methoxy groups -OCH3 is 4. The summed E-state index contributed by atoms with van der Waals surface area (Å²) in [5, 5.41) is 0. The third kappa shape index (κ3) is 8.98. The van der Waals surface area contributed by atoms with Crippen LogP contribution in [0.25, 0.3) is 0 Å². The van der Waals surface area contributed by atoms with Gasteiger partial charge in [0.1, 0.15) is 8.07 Å². The minimum Gasteiger partial charge on any atom is -0.380 e. The summed E-state index contributed by atoms with van der Waals surface area (Å²) in [7, 11) is 5.34. The minimum absolute atomic E-state index is 0.463. The second kappa shape index (κ2) is 17.9. The molecule has 0 spiro atoms. The monoisotopic (exact) mass is 644 g/mol. The average molecular weight is 645 g/mol. The van der Waals surface area contributed by atoms with Crippen molar-refractivity contribution in [1.82, 2.24) is 0 Å². The fourth-order valence-electron chi connectivity index (χ4n) is 6.15. The molecule has 47 heavy (non-hydrogen) atoms. The highest BCUT2D eigenvalue weighted by molar-refractivity contribution is 6.87. The van der Waals surface area contributed by atoms with Crippen molar-refractivity contribution in [3.05, 3.63) is 91.7 Å². The molecule has 244 valence electrons. The molecule has 4 aliphatic rings. The van der Waals surface area contributed by atoms with Crippen molar-refractivity contribution in [3.8, 4) is 47.0 Å². The van der Waals surface area contributed by atoms with E-state index in [0.29, 0.717) is 26.4 Å². The van der Waals surface area contributed by atoms with Crippen LogP contribution in [0.1, 0.15) is 46.5 Å². The molecule has 0 bridgehead atoms. The molecule has 0 fully saturated rings. The topological polar surface area (TPSA) is 36.9 Å². The fraction of sp³-hybridized carbons (Fsp3) is 0.429. The Morgan fingerprint density at radius 1 is 0.511 bits per heavy atom. The van der Waals surface area contributed by atoms with Gasteiger partial charge in [-0.2, -0.15) is 0 Å². The predicted octanol–water partition coefficient (Wildman–Crippen LogP) is 7.77. The Morgan fingerprint density at radius 3 is 1.32 bits per heavy atom. The lowest BCUT2D eigenvalue weighted by molar-refractivity contribution is 0.227. The fourth-order valence-corrected chi connectivity index (χ4v) is 8.60. The maximum Gasteiger partial charge on any atom is 0.138 e. The van der Waals surface area contributed by atoms with Gasteiger partial charge in [-0.15, -0.1) is 5.54 Å². The van der Waals surface area contributed by atoms with Gasteiger partial charge in [0.25, 0.3) is 0 Å². The van der Waals surface area contributed by atoms with E-state index < -0.39 is 8.07 Å². The Morgan fingerprint density at radius 2 is 0.915 bits per heavy atom. The van der Waals surface area contributed by atoms with E-state index in [1.54, 1.807) is 28.4 Å². The molecule has 0 atom stereocenters. The van der Waals surface area contributed by atoms with Gasteiger partial charge in [-0.05, 0) is 30.1 Å². The summed E-state index contributed by atoms with van der Waals surface area (Å²) in [6, 6.07) is 3.58. The van der Waals surface area contributed by atoms with E-state index in [0.717, 1.165) is 87.0 Å². The van der Waals surface area contributed by atoms with Crippen LogP contribution in [-0.2, 0) is 18.9 Å². The number of rotatable bonds is 11. The van der Waals surface area contributed by atoms with Crippen molar-refractivity contribution in [3.63, 3.8) is 0 Å². The van der Waals surface area contributed by atoms with Gasteiger partial charge in [-0.1, -0.05) is 92.6 Å². The van der Waals surface area contributed by atoms with Crippen molar-refractivity contribution in [2.45, 2.75) is 64.6 Å². The van der Waals surface area contributed by atoms with E-state index in [-0.39, 0.29) is 0 Å². The molecule has 0 saturated carbocycles. The predicted molar refractivity (Wildman–Crippen MR) is 196 cm³/mol. The molecular formula is C42H48O4Si. The van der Waals surface area contributed by atoms with Crippen LogP contribution in [0.3, 0.4) is 0 Å². The van der Waals surface area contributed by atoms with Gasteiger partial charge in [-0.25, -0.2) is 0 Å². The SMILES string of the molecule is CC[Si](C#CC1=C(COC)C(C#CC2=C(COC)C(C#CC3=C(COC)C(C#CC4=C(COC)C=CC4)=CC3)=CC2)=CC1)(CC)CC. The van der Waals surface area contributed by atoms with E-state index >= 15 is 0 Å². The summed E-state index contributed by atoms with van der Waals surface area (Å²) < 4.78 is 22.1. The van der Waals surface area contributed by atoms with Crippen molar-refractivity contribution >= 4 is 8.07 Å². The Bertz CT molecular complexity index is 1730. The summed E-state index contributed by atoms with van der Waals surface area (Å²) in [6.45, 7) is 8.91. The van der Waals surface area contributed by atoms with Gasteiger partial charge in [-0.3, -0.25) is 0 Å². The number of ether oxygens (including phenoxy) is 4. The standard InChI is InChI=1S/C42H48O4Si/c1-8-47(9-2,10-3)27-26-38-25-24-37(42(38)31-46-7)23-22-36-21-20-35(41(36)30-45-6)19-18-34-17-16-33(40(34)29-44-5)15-14-32-12-11-13-39(32)28-43-4/h11,13,16,20,24H,8-10,12,17,21,25,28-31H2,1-7H3. The molecule has 0 heterocycles. The van der Waals surface area contributed by atoms with Crippen LogP contribution in [0.4, 0.5) is 0 Å². The first-order chi connectivity index (χ1) is 23.0. The smallest absolute Gasteiger partial charge is 0.138 e. The summed E-state index contributed by atoms with van der Waals surface area (Å²) in [5.74, 6) is 24.2. The molecule has 0 N–H and O–H groups in total. The van der Waals surface area contributed by atoms with Gasteiger partial charge in [0.05, 0.1) is 26.4 Å². The van der Waals surface area contributed by atoms with Crippen molar-refractivity contribution in [2.75, 3.05) is 54.9 Å². The summed E-state index contributed by atoms with van der Waals surface area (Å²) in [4.78, 5) is 0. The summed E-state index contributed by atoms with van der Waals surface area (Å²) >= 11 is 0. The second-order valence-corrected chi connectivity index (χ2v) is 17.0. The first kappa shape index (κ1) is 36.1. The van der Waals surface area contributed by atoms with E-state index in [1.807, 2.05) is 0 Å². The summed E-state index contributed by atoms with van der Waals surface area (Å²) in [6.07, 6.45) is 13.9. The molecule has 0 unspecified atom stereocenters. The van der Waals surface area contributed by atoms with Gasteiger partial charge in [0, 0.05) is 103 Å². The Balaban J connectivity index is 1.58. The molecule has 0 aliphatic heterocycles.